The Labute approximate surface area is 144 Å². The number of nitrogens with one attached hydrogen (secondary N) is 1. The Morgan fingerprint density at radius 1 is 1.48 bits per heavy atom. The highest BCUT2D eigenvalue weighted by Gasteiger charge is 2.23. The second kappa shape index (κ2) is 7.49. The van der Waals surface area contributed by atoms with Gasteiger partial charge in [-0.1, -0.05) is 30.7 Å². The summed E-state index contributed by atoms with van der Waals surface area (Å²) >= 11 is 3.14. The molecule has 1 aliphatic rings. The van der Waals surface area contributed by atoms with Crippen LogP contribution in [0.5, 0.6) is 0 Å². The Balaban J connectivity index is 1.68. The third-order valence-electron chi connectivity index (χ3n) is 4.13. The lowest BCUT2D eigenvalue weighted by molar-refractivity contribution is -0.120. The molecule has 2 aromatic heterocycles. The molecular weight excluding hydrogens is 328 g/mol. The predicted molar refractivity (Wildman–Crippen MR) is 94.7 cm³/mol. The van der Waals surface area contributed by atoms with E-state index in [4.69, 9.17) is 0 Å². The number of rotatable bonds is 6. The number of carbonyl (C=O) groups is 1. The van der Waals surface area contributed by atoms with Gasteiger partial charge in [-0.05, 0) is 38.1 Å². The second-order valence-electron chi connectivity index (χ2n) is 5.78. The molecule has 0 aromatic carbocycles. The molecule has 1 N–H and O–H groups in total. The number of thiophene rings is 1. The van der Waals surface area contributed by atoms with Gasteiger partial charge in [-0.2, -0.15) is 0 Å². The van der Waals surface area contributed by atoms with E-state index in [0.29, 0.717) is 6.04 Å². The first-order chi connectivity index (χ1) is 11.2. The first-order valence-corrected chi connectivity index (χ1v) is 9.89. The monoisotopic (exact) mass is 350 g/mol. The van der Waals surface area contributed by atoms with Gasteiger partial charge in [0.2, 0.25) is 5.91 Å². The van der Waals surface area contributed by atoms with Gasteiger partial charge < -0.3 is 9.88 Å². The molecule has 5 nitrogen and oxygen atoms in total. The van der Waals surface area contributed by atoms with Gasteiger partial charge in [0.15, 0.2) is 11.0 Å². The first-order valence-electron chi connectivity index (χ1n) is 8.13. The molecule has 7 heteroatoms. The van der Waals surface area contributed by atoms with Crippen molar-refractivity contribution in [2.24, 2.45) is 0 Å². The van der Waals surface area contributed by atoms with Gasteiger partial charge in [-0.3, -0.25) is 4.79 Å². The van der Waals surface area contributed by atoms with E-state index in [-0.39, 0.29) is 11.2 Å². The summed E-state index contributed by atoms with van der Waals surface area (Å²) in [4.78, 5) is 13.5. The summed E-state index contributed by atoms with van der Waals surface area (Å²) < 4.78 is 2.08. The molecule has 3 rings (SSSR count). The van der Waals surface area contributed by atoms with Crippen LogP contribution in [0.15, 0.2) is 22.7 Å². The largest absolute Gasteiger partial charge is 0.352 e. The lowest BCUT2D eigenvalue weighted by atomic mass is 10.2. The Bertz CT molecular complexity index is 647. The maximum atomic E-state index is 12.4. The lowest BCUT2D eigenvalue weighted by Gasteiger charge is -2.16. The van der Waals surface area contributed by atoms with E-state index in [1.807, 2.05) is 24.4 Å². The smallest absolute Gasteiger partial charge is 0.233 e. The van der Waals surface area contributed by atoms with E-state index < -0.39 is 0 Å². The van der Waals surface area contributed by atoms with Gasteiger partial charge in [-0.25, -0.2) is 0 Å². The van der Waals surface area contributed by atoms with Crippen molar-refractivity contribution in [3.05, 3.63) is 17.5 Å². The molecule has 2 aromatic rings. The maximum Gasteiger partial charge on any atom is 0.233 e. The van der Waals surface area contributed by atoms with Crippen molar-refractivity contribution in [1.29, 1.82) is 0 Å². The van der Waals surface area contributed by atoms with Gasteiger partial charge in [0.05, 0.1) is 10.1 Å². The molecule has 1 saturated carbocycles. The fourth-order valence-corrected chi connectivity index (χ4v) is 4.49. The Kier molecular flexibility index (Phi) is 5.38. The minimum absolute atomic E-state index is 0.102. The van der Waals surface area contributed by atoms with Crippen molar-refractivity contribution in [2.75, 3.05) is 0 Å². The summed E-state index contributed by atoms with van der Waals surface area (Å²) in [5.41, 5.74) is 0. The van der Waals surface area contributed by atoms with Crippen LogP contribution in [0.4, 0.5) is 0 Å². The van der Waals surface area contributed by atoms with Gasteiger partial charge in [-0.15, -0.1) is 21.5 Å². The number of carbonyl (C=O) groups excluding carboxylic acids is 1. The molecule has 2 heterocycles. The van der Waals surface area contributed by atoms with Crippen molar-refractivity contribution in [3.8, 4) is 10.7 Å². The average Bonchev–Trinajstić information content (AvgIpc) is 3.28. The summed E-state index contributed by atoms with van der Waals surface area (Å²) in [5.74, 6) is 0.985. The maximum absolute atomic E-state index is 12.4. The van der Waals surface area contributed by atoms with Crippen LogP contribution < -0.4 is 5.32 Å². The summed E-state index contributed by atoms with van der Waals surface area (Å²) in [6, 6.07) is 4.42. The quantitative estimate of drug-likeness (QED) is 0.809. The highest BCUT2D eigenvalue weighted by atomic mass is 32.2. The zero-order valence-electron chi connectivity index (χ0n) is 13.5. The summed E-state index contributed by atoms with van der Waals surface area (Å²) in [6.45, 7) is 4.81. The molecule has 23 heavy (non-hydrogen) atoms. The van der Waals surface area contributed by atoms with E-state index >= 15 is 0 Å². The van der Waals surface area contributed by atoms with Crippen molar-refractivity contribution in [3.63, 3.8) is 0 Å². The van der Waals surface area contributed by atoms with E-state index in [1.165, 1.54) is 24.6 Å². The number of thioether (sulfide) groups is 1. The van der Waals surface area contributed by atoms with Crippen LogP contribution in [0.25, 0.3) is 10.7 Å². The molecule has 0 aliphatic heterocycles. The Hall–Kier alpha value is -1.34. The topological polar surface area (TPSA) is 59.8 Å². The molecule has 1 fully saturated rings. The normalized spacial score (nSPS) is 16.6. The van der Waals surface area contributed by atoms with Crippen molar-refractivity contribution < 1.29 is 4.79 Å². The van der Waals surface area contributed by atoms with Crippen molar-refractivity contribution in [1.82, 2.24) is 20.1 Å². The molecule has 0 radical (unpaired) electrons. The standard InChI is InChI=1S/C16H22N4OS2/c1-3-20-14(13-9-6-10-22-13)18-19-16(20)23-11(2)15(21)17-12-7-4-5-8-12/h6,9-12H,3-5,7-8H2,1-2H3,(H,17,21)/t11-/m0/s1. The van der Waals surface area contributed by atoms with Crippen LogP contribution in [0.2, 0.25) is 0 Å². The second-order valence-corrected chi connectivity index (χ2v) is 8.03. The number of amides is 1. The first kappa shape index (κ1) is 16.5. The summed E-state index contributed by atoms with van der Waals surface area (Å²) in [7, 11) is 0. The zero-order valence-corrected chi connectivity index (χ0v) is 15.1. The number of hydrogen-bond acceptors (Lipinski definition) is 5. The Morgan fingerprint density at radius 3 is 2.91 bits per heavy atom. The van der Waals surface area contributed by atoms with E-state index in [1.54, 1.807) is 11.3 Å². The van der Waals surface area contributed by atoms with Gasteiger partial charge in [0, 0.05) is 12.6 Å². The summed E-state index contributed by atoms with van der Waals surface area (Å²) in [6.07, 6.45) is 4.66. The minimum atomic E-state index is -0.165. The Morgan fingerprint density at radius 2 is 2.26 bits per heavy atom. The molecule has 124 valence electrons. The van der Waals surface area contributed by atoms with Crippen LogP contribution in [-0.2, 0) is 11.3 Å². The lowest BCUT2D eigenvalue weighted by Crippen LogP contribution is -2.37. The van der Waals surface area contributed by atoms with E-state index in [2.05, 4.69) is 27.0 Å². The fourth-order valence-electron chi connectivity index (χ4n) is 2.85. The van der Waals surface area contributed by atoms with Crippen LogP contribution >= 0.6 is 23.1 Å². The molecule has 0 saturated heterocycles. The van der Waals surface area contributed by atoms with Crippen LogP contribution in [0.1, 0.15) is 39.5 Å². The van der Waals surface area contributed by atoms with Gasteiger partial charge in [0.25, 0.3) is 0 Å². The highest BCUT2D eigenvalue weighted by molar-refractivity contribution is 8.00. The number of nitrogens with zero attached hydrogens (tertiary/aromatic N) is 3. The predicted octanol–water partition coefficient (Wildman–Crippen LogP) is 3.57. The molecule has 0 unspecified atom stereocenters. The third kappa shape index (κ3) is 3.77. The van der Waals surface area contributed by atoms with E-state index in [9.17, 15) is 4.79 Å². The molecular formula is C16H22N4OS2. The zero-order chi connectivity index (χ0) is 16.2. The van der Waals surface area contributed by atoms with Crippen LogP contribution in [0, 0.1) is 0 Å². The van der Waals surface area contributed by atoms with Gasteiger partial charge >= 0.3 is 0 Å². The highest BCUT2D eigenvalue weighted by Crippen LogP contribution is 2.29. The fraction of sp³-hybridized carbons (Fsp3) is 0.562. The molecule has 1 amide bonds. The summed E-state index contributed by atoms with van der Waals surface area (Å²) in [5, 5.41) is 14.5. The number of aromatic nitrogens is 3. The third-order valence-corrected chi connectivity index (χ3v) is 6.07. The molecule has 1 aliphatic carbocycles. The minimum Gasteiger partial charge on any atom is -0.352 e. The molecule has 0 bridgehead atoms. The van der Waals surface area contributed by atoms with E-state index in [0.717, 1.165) is 35.2 Å². The molecule has 0 spiro atoms. The van der Waals surface area contributed by atoms with Gasteiger partial charge in [0.1, 0.15) is 0 Å². The molecule has 1 atom stereocenters. The van der Waals surface area contributed by atoms with Crippen molar-refractivity contribution >= 4 is 29.0 Å². The number of hydrogen-bond donors (Lipinski definition) is 1. The van der Waals surface area contributed by atoms with Crippen LogP contribution in [0.3, 0.4) is 0 Å². The van der Waals surface area contributed by atoms with Crippen LogP contribution in [-0.4, -0.2) is 32.0 Å². The average molecular weight is 351 g/mol. The van der Waals surface area contributed by atoms with Crippen molar-refractivity contribution in [2.45, 2.75) is 62.5 Å². The SMILES string of the molecule is CCn1c(S[C@@H](C)C(=O)NC2CCCC2)nnc1-c1cccs1.